The average Bonchev–Trinajstić information content (AvgIpc) is 2.83. The molecule has 1 unspecified atom stereocenters. The molecule has 2 aromatic rings. The first kappa shape index (κ1) is 13.8. The molecular formula is C13H14Br2S2. The average molecular weight is 394 g/mol. The fourth-order valence-corrected chi connectivity index (χ4v) is 5.54. The Morgan fingerprint density at radius 3 is 2.35 bits per heavy atom. The highest BCUT2D eigenvalue weighted by Crippen LogP contribution is 2.43. The molecule has 0 amide bonds. The SMILES string of the molecule is CC(C)(C)c1ccc(C(Br)c2sccc2Br)s1. The van der Waals surface area contributed by atoms with Crippen molar-refractivity contribution in [3.05, 3.63) is 42.7 Å². The lowest BCUT2D eigenvalue weighted by Gasteiger charge is -2.15. The van der Waals surface area contributed by atoms with Gasteiger partial charge in [0.25, 0.3) is 0 Å². The molecule has 17 heavy (non-hydrogen) atoms. The first-order valence-electron chi connectivity index (χ1n) is 5.37. The smallest absolute Gasteiger partial charge is 0.0842 e. The van der Waals surface area contributed by atoms with Gasteiger partial charge >= 0.3 is 0 Å². The molecule has 92 valence electrons. The third kappa shape index (κ3) is 3.03. The van der Waals surface area contributed by atoms with Crippen LogP contribution in [0.25, 0.3) is 0 Å². The van der Waals surface area contributed by atoms with Gasteiger partial charge in [-0.2, -0.15) is 0 Å². The Hall–Kier alpha value is 0.360. The number of alkyl halides is 1. The van der Waals surface area contributed by atoms with Crippen LogP contribution in [-0.4, -0.2) is 0 Å². The number of thiophene rings is 2. The topological polar surface area (TPSA) is 0 Å². The zero-order chi connectivity index (χ0) is 12.6. The van der Waals surface area contributed by atoms with Crippen molar-refractivity contribution in [2.24, 2.45) is 0 Å². The quantitative estimate of drug-likeness (QED) is 0.521. The van der Waals surface area contributed by atoms with Crippen molar-refractivity contribution in [2.75, 3.05) is 0 Å². The highest BCUT2D eigenvalue weighted by atomic mass is 79.9. The summed E-state index contributed by atoms with van der Waals surface area (Å²) in [5.74, 6) is 0. The maximum atomic E-state index is 3.79. The van der Waals surface area contributed by atoms with Crippen LogP contribution in [0, 0.1) is 0 Å². The molecule has 0 aliphatic carbocycles. The van der Waals surface area contributed by atoms with Gasteiger partial charge in [-0.15, -0.1) is 22.7 Å². The second-order valence-electron chi connectivity index (χ2n) is 4.95. The summed E-state index contributed by atoms with van der Waals surface area (Å²) in [5, 5.41) is 2.12. The number of hydrogen-bond acceptors (Lipinski definition) is 2. The van der Waals surface area contributed by atoms with Gasteiger partial charge in [-0.05, 0) is 44.9 Å². The number of hydrogen-bond donors (Lipinski definition) is 0. The van der Waals surface area contributed by atoms with E-state index in [0.717, 1.165) is 0 Å². The molecule has 0 N–H and O–H groups in total. The molecule has 0 spiro atoms. The molecule has 2 heterocycles. The Balaban J connectivity index is 2.30. The Morgan fingerprint density at radius 1 is 1.18 bits per heavy atom. The minimum absolute atomic E-state index is 0.238. The van der Waals surface area contributed by atoms with E-state index in [1.54, 1.807) is 11.3 Å². The van der Waals surface area contributed by atoms with Gasteiger partial charge in [-0.25, -0.2) is 0 Å². The Kier molecular flexibility index (Phi) is 4.18. The van der Waals surface area contributed by atoms with Crippen LogP contribution >= 0.6 is 54.5 Å². The van der Waals surface area contributed by atoms with Crippen LogP contribution in [0.2, 0.25) is 0 Å². The molecule has 0 radical (unpaired) electrons. The zero-order valence-corrected chi connectivity index (χ0v) is 14.8. The third-order valence-electron chi connectivity index (χ3n) is 2.49. The summed E-state index contributed by atoms with van der Waals surface area (Å²) >= 11 is 11.1. The Labute approximate surface area is 127 Å². The molecular weight excluding hydrogens is 380 g/mol. The molecule has 1 atom stereocenters. The third-order valence-corrected chi connectivity index (χ3v) is 7.56. The molecule has 4 heteroatoms. The van der Waals surface area contributed by atoms with E-state index in [4.69, 9.17) is 0 Å². The van der Waals surface area contributed by atoms with Gasteiger partial charge in [0.1, 0.15) is 0 Å². The van der Waals surface area contributed by atoms with Gasteiger partial charge in [-0.1, -0.05) is 36.7 Å². The maximum Gasteiger partial charge on any atom is 0.0842 e. The van der Waals surface area contributed by atoms with Crippen LogP contribution in [0.5, 0.6) is 0 Å². The van der Waals surface area contributed by atoms with Crippen LogP contribution in [0.1, 0.15) is 40.2 Å². The van der Waals surface area contributed by atoms with E-state index in [1.807, 2.05) is 11.3 Å². The predicted molar refractivity (Wildman–Crippen MR) is 85.8 cm³/mol. The zero-order valence-electron chi connectivity index (χ0n) is 9.96. The van der Waals surface area contributed by atoms with E-state index in [0.29, 0.717) is 4.83 Å². The summed E-state index contributed by atoms with van der Waals surface area (Å²) in [6, 6.07) is 6.58. The van der Waals surface area contributed by atoms with Crippen LogP contribution in [0.15, 0.2) is 28.1 Å². The monoisotopic (exact) mass is 392 g/mol. The summed E-state index contributed by atoms with van der Waals surface area (Å²) in [6.07, 6.45) is 0. The lowest BCUT2D eigenvalue weighted by Crippen LogP contribution is -2.07. The molecule has 0 aromatic carbocycles. The lowest BCUT2D eigenvalue weighted by molar-refractivity contribution is 0.604. The van der Waals surface area contributed by atoms with Crippen molar-refractivity contribution in [1.29, 1.82) is 0 Å². The standard InChI is InChI=1S/C13H14Br2S2/c1-13(2,3)10-5-4-9(17-10)11(15)12-8(14)6-7-16-12/h4-7,11H,1-3H3. The van der Waals surface area contributed by atoms with E-state index in [9.17, 15) is 0 Å². The molecule has 0 fully saturated rings. The maximum absolute atomic E-state index is 3.79. The van der Waals surface area contributed by atoms with E-state index in [1.165, 1.54) is 19.1 Å². The minimum atomic E-state index is 0.238. The fourth-order valence-electron chi connectivity index (χ4n) is 1.51. The molecule has 2 rings (SSSR count). The number of rotatable bonds is 2. The molecule has 0 bridgehead atoms. The van der Waals surface area contributed by atoms with E-state index in [2.05, 4.69) is 76.2 Å². The van der Waals surface area contributed by atoms with Crippen molar-refractivity contribution >= 4 is 54.5 Å². The van der Waals surface area contributed by atoms with Crippen LogP contribution in [0.4, 0.5) is 0 Å². The van der Waals surface area contributed by atoms with Crippen molar-refractivity contribution in [3.63, 3.8) is 0 Å². The van der Waals surface area contributed by atoms with Gasteiger partial charge in [0, 0.05) is 19.1 Å². The van der Waals surface area contributed by atoms with Crippen LogP contribution < -0.4 is 0 Å². The first-order chi connectivity index (χ1) is 7.89. The fraction of sp³-hybridized carbons (Fsp3) is 0.385. The first-order valence-corrected chi connectivity index (χ1v) is 8.77. The molecule has 0 aliphatic rings. The van der Waals surface area contributed by atoms with E-state index >= 15 is 0 Å². The van der Waals surface area contributed by atoms with Crippen molar-refractivity contribution in [3.8, 4) is 0 Å². The van der Waals surface area contributed by atoms with Crippen LogP contribution in [-0.2, 0) is 5.41 Å². The van der Waals surface area contributed by atoms with Crippen LogP contribution in [0.3, 0.4) is 0 Å². The van der Waals surface area contributed by atoms with E-state index < -0.39 is 0 Å². The van der Waals surface area contributed by atoms with Gasteiger partial charge in [0.05, 0.1) is 4.83 Å². The normalized spacial score (nSPS) is 13.9. The molecule has 0 saturated carbocycles. The van der Waals surface area contributed by atoms with Gasteiger partial charge in [0.2, 0.25) is 0 Å². The van der Waals surface area contributed by atoms with Gasteiger partial charge < -0.3 is 0 Å². The summed E-state index contributed by atoms with van der Waals surface area (Å²) in [7, 11) is 0. The summed E-state index contributed by atoms with van der Waals surface area (Å²) in [4.78, 5) is 4.45. The number of halogens is 2. The lowest BCUT2D eigenvalue weighted by atomic mass is 9.95. The van der Waals surface area contributed by atoms with Crippen molar-refractivity contribution < 1.29 is 0 Å². The minimum Gasteiger partial charge on any atom is -0.146 e. The second kappa shape index (κ2) is 5.16. The van der Waals surface area contributed by atoms with Gasteiger partial charge in [-0.3, -0.25) is 0 Å². The molecule has 0 aliphatic heterocycles. The summed E-state index contributed by atoms with van der Waals surface area (Å²) < 4.78 is 1.19. The van der Waals surface area contributed by atoms with Gasteiger partial charge in [0.15, 0.2) is 0 Å². The summed E-state index contributed by atoms with van der Waals surface area (Å²) in [6.45, 7) is 6.77. The molecule has 2 aromatic heterocycles. The highest BCUT2D eigenvalue weighted by molar-refractivity contribution is 9.11. The highest BCUT2D eigenvalue weighted by Gasteiger charge is 2.21. The second-order valence-corrected chi connectivity index (χ2v) is 8.78. The van der Waals surface area contributed by atoms with Crippen molar-refractivity contribution in [2.45, 2.75) is 31.0 Å². The Bertz CT molecular complexity index is 505. The van der Waals surface area contributed by atoms with E-state index in [-0.39, 0.29) is 5.41 Å². The predicted octanol–water partition coefficient (Wildman–Crippen LogP) is 6.35. The largest absolute Gasteiger partial charge is 0.146 e. The molecule has 0 nitrogen and oxygen atoms in total. The van der Waals surface area contributed by atoms with Crippen molar-refractivity contribution in [1.82, 2.24) is 0 Å². The molecule has 0 saturated heterocycles. The summed E-state index contributed by atoms with van der Waals surface area (Å²) in [5.41, 5.74) is 0.238. The Morgan fingerprint density at radius 2 is 1.88 bits per heavy atom.